The van der Waals surface area contributed by atoms with Crippen LogP contribution in [0, 0.1) is 11.3 Å². The van der Waals surface area contributed by atoms with E-state index in [1.165, 1.54) is 6.42 Å². The van der Waals surface area contributed by atoms with Gasteiger partial charge in [-0.05, 0) is 49.6 Å². The molecule has 116 valence electrons. The standard InChI is InChI=1S/C18H18N4O/c19-13-14-6-4-7-15(12-14)21-18(23)16-8-5-9-20-17(16)22-10-2-1-3-11-22/h4-9,12H,1-3,10-11H2,(H,21,23). The highest BCUT2D eigenvalue weighted by Crippen LogP contribution is 2.22. The lowest BCUT2D eigenvalue weighted by Gasteiger charge is -2.29. The van der Waals surface area contributed by atoms with Gasteiger partial charge in [-0.25, -0.2) is 4.98 Å². The molecule has 3 rings (SSSR count). The second-order valence-corrected chi connectivity index (χ2v) is 5.57. The van der Waals surface area contributed by atoms with Crippen LogP contribution in [0.25, 0.3) is 0 Å². The van der Waals surface area contributed by atoms with E-state index in [-0.39, 0.29) is 5.91 Å². The molecule has 1 aliphatic rings. The van der Waals surface area contributed by atoms with Gasteiger partial charge in [0, 0.05) is 25.0 Å². The first-order valence-electron chi connectivity index (χ1n) is 7.79. The minimum absolute atomic E-state index is 0.200. The number of benzene rings is 1. The third kappa shape index (κ3) is 3.49. The normalized spacial score (nSPS) is 14.1. The molecule has 5 nitrogen and oxygen atoms in total. The second kappa shape index (κ2) is 6.93. The van der Waals surface area contributed by atoms with Crippen LogP contribution in [0.15, 0.2) is 42.6 Å². The number of aromatic nitrogens is 1. The van der Waals surface area contributed by atoms with Crippen LogP contribution in [0.3, 0.4) is 0 Å². The number of hydrogen-bond acceptors (Lipinski definition) is 4. The average Bonchev–Trinajstić information content (AvgIpc) is 2.62. The minimum atomic E-state index is -0.200. The molecule has 0 aliphatic carbocycles. The van der Waals surface area contributed by atoms with Crippen LogP contribution in [-0.2, 0) is 0 Å². The molecule has 1 aromatic carbocycles. The first kappa shape index (κ1) is 15.0. The summed E-state index contributed by atoms with van der Waals surface area (Å²) in [5.41, 5.74) is 1.70. The average molecular weight is 306 g/mol. The van der Waals surface area contributed by atoms with Gasteiger partial charge in [-0.1, -0.05) is 6.07 Å². The van der Waals surface area contributed by atoms with E-state index < -0.39 is 0 Å². The molecule has 23 heavy (non-hydrogen) atoms. The van der Waals surface area contributed by atoms with Crippen molar-refractivity contribution in [1.82, 2.24) is 4.98 Å². The fourth-order valence-corrected chi connectivity index (χ4v) is 2.80. The molecule has 2 heterocycles. The highest BCUT2D eigenvalue weighted by molar-refractivity contribution is 6.07. The molecule has 0 bridgehead atoms. The molecule has 2 aromatic rings. The molecule has 0 saturated carbocycles. The molecule has 1 fully saturated rings. The molecule has 0 spiro atoms. The summed E-state index contributed by atoms with van der Waals surface area (Å²) < 4.78 is 0. The van der Waals surface area contributed by atoms with Gasteiger partial charge in [0.25, 0.3) is 5.91 Å². The third-order valence-electron chi connectivity index (χ3n) is 3.94. The van der Waals surface area contributed by atoms with Crippen LogP contribution in [0.2, 0.25) is 0 Å². The third-order valence-corrected chi connectivity index (χ3v) is 3.94. The van der Waals surface area contributed by atoms with Gasteiger partial charge in [-0.2, -0.15) is 5.26 Å². The fraction of sp³-hybridized carbons (Fsp3) is 0.278. The number of amides is 1. The second-order valence-electron chi connectivity index (χ2n) is 5.57. The molecule has 0 radical (unpaired) electrons. The van der Waals surface area contributed by atoms with Gasteiger partial charge in [0.05, 0.1) is 17.2 Å². The summed E-state index contributed by atoms with van der Waals surface area (Å²) in [5.74, 6) is 0.537. The topological polar surface area (TPSA) is 69.0 Å². The number of nitrogens with one attached hydrogen (secondary N) is 1. The molecule has 1 aliphatic heterocycles. The number of hydrogen-bond donors (Lipinski definition) is 1. The number of pyridine rings is 1. The van der Waals surface area contributed by atoms with E-state index >= 15 is 0 Å². The molecule has 0 atom stereocenters. The molecular weight excluding hydrogens is 288 g/mol. The van der Waals surface area contributed by atoms with E-state index in [0.717, 1.165) is 31.7 Å². The minimum Gasteiger partial charge on any atom is -0.356 e. The molecule has 0 unspecified atom stereocenters. The lowest BCUT2D eigenvalue weighted by molar-refractivity contribution is 0.102. The number of carbonyl (C=O) groups excluding carboxylic acids is 1. The lowest BCUT2D eigenvalue weighted by Crippen LogP contribution is -2.32. The zero-order valence-electron chi connectivity index (χ0n) is 12.8. The van der Waals surface area contributed by atoms with E-state index in [9.17, 15) is 4.79 Å². The predicted molar refractivity (Wildman–Crippen MR) is 89.4 cm³/mol. The maximum absolute atomic E-state index is 12.6. The van der Waals surface area contributed by atoms with Gasteiger partial charge >= 0.3 is 0 Å². The first-order valence-corrected chi connectivity index (χ1v) is 7.79. The smallest absolute Gasteiger partial charge is 0.259 e. The Bertz CT molecular complexity index is 745. The zero-order chi connectivity index (χ0) is 16.1. The van der Waals surface area contributed by atoms with Crippen molar-refractivity contribution in [2.75, 3.05) is 23.3 Å². The van der Waals surface area contributed by atoms with Crippen LogP contribution in [-0.4, -0.2) is 24.0 Å². The summed E-state index contributed by atoms with van der Waals surface area (Å²) in [4.78, 5) is 19.2. The van der Waals surface area contributed by atoms with Crippen molar-refractivity contribution < 1.29 is 4.79 Å². The van der Waals surface area contributed by atoms with Crippen LogP contribution < -0.4 is 10.2 Å². The molecule has 1 saturated heterocycles. The Morgan fingerprint density at radius 1 is 1.17 bits per heavy atom. The Balaban J connectivity index is 1.83. The van der Waals surface area contributed by atoms with Crippen LogP contribution >= 0.6 is 0 Å². The molecule has 1 amide bonds. The summed E-state index contributed by atoms with van der Waals surface area (Å²) >= 11 is 0. The fourth-order valence-electron chi connectivity index (χ4n) is 2.80. The number of piperidine rings is 1. The summed E-state index contributed by atoms with van der Waals surface area (Å²) in [6, 6.07) is 12.5. The van der Waals surface area contributed by atoms with E-state index in [1.807, 2.05) is 0 Å². The van der Waals surface area contributed by atoms with Crippen molar-refractivity contribution in [3.8, 4) is 6.07 Å². The van der Waals surface area contributed by atoms with Crippen molar-refractivity contribution in [3.63, 3.8) is 0 Å². The molecular formula is C18H18N4O. The molecule has 1 N–H and O–H groups in total. The summed E-state index contributed by atoms with van der Waals surface area (Å²) in [5, 5.41) is 11.8. The highest BCUT2D eigenvalue weighted by Gasteiger charge is 2.19. The van der Waals surface area contributed by atoms with Gasteiger partial charge in [0.2, 0.25) is 0 Å². The summed E-state index contributed by atoms with van der Waals surface area (Å²) in [6.45, 7) is 1.86. The van der Waals surface area contributed by atoms with Crippen molar-refractivity contribution in [1.29, 1.82) is 5.26 Å². The van der Waals surface area contributed by atoms with Crippen molar-refractivity contribution >= 4 is 17.4 Å². The monoisotopic (exact) mass is 306 g/mol. The van der Waals surface area contributed by atoms with Crippen molar-refractivity contribution in [3.05, 3.63) is 53.7 Å². The van der Waals surface area contributed by atoms with Gasteiger partial charge in [-0.15, -0.1) is 0 Å². The van der Waals surface area contributed by atoms with Gasteiger partial charge in [0.15, 0.2) is 0 Å². The van der Waals surface area contributed by atoms with E-state index in [1.54, 1.807) is 42.6 Å². The van der Waals surface area contributed by atoms with E-state index in [4.69, 9.17) is 5.26 Å². The van der Waals surface area contributed by atoms with Gasteiger partial charge < -0.3 is 10.2 Å². The van der Waals surface area contributed by atoms with Crippen LogP contribution in [0.1, 0.15) is 35.2 Å². The molecule has 5 heteroatoms. The van der Waals surface area contributed by atoms with Crippen LogP contribution in [0.4, 0.5) is 11.5 Å². The summed E-state index contributed by atoms with van der Waals surface area (Å²) in [7, 11) is 0. The van der Waals surface area contributed by atoms with Crippen molar-refractivity contribution in [2.45, 2.75) is 19.3 Å². The van der Waals surface area contributed by atoms with Crippen molar-refractivity contribution in [2.24, 2.45) is 0 Å². The summed E-state index contributed by atoms with van der Waals surface area (Å²) in [6.07, 6.45) is 5.20. The highest BCUT2D eigenvalue weighted by atomic mass is 16.1. The number of rotatable bonds is 3. The number of nitriles is 1. The maximum Gasteiger partial charge on any atom is 0.259 e. The Kier molecular flexibility index (Phi) is 4.53. The predicted octanol–water partition coefficient (Wildman–Crippen LogP) is 3.20. The Morgan fingerprint density at radius 2 is 2.00 bits per heavy atom. The lowest BCUT2D eigenvalue weighted by atomic mass is 10.1. The first-order chi connectivity index (χ1) is 11.3. The van der Waals surface area contributed by atoms with Crippen LogP contribution in [0.5, 0.6) is 0 Å². The van der Waals surface area contributed by atoms with E-state index in [2.05, 4.69) is 21.3 Å². The molecule has 1 aromatic heterocycles. The Hall–Kier alpha value is -2.87. The quantitative estimate of drug-likeness (QED) is 0.945. The number of anilines is 2. The van der Waals surface area contributed by atoms with Gasteiger partial charge in [-0.3, -0.25) is 4.79 Å². The van der Waals surface area contributed by atoms with E-state index in [0.29, 0.717) is 16.8 Å². The Morgan fingerprint density at radius 3 is 2.78 bits per heavy atom. The maximum atomic E-state index is 12.6. The Labute approximate surface area is 135 Å². The number of nitrogens with zero attached hydrogens (tertiary/aromatic N) is 3. The largest absolute Gasteiger partial charge is 0.356 e. The van der Waals surface area contributed by atoms with Gasteiger partial charge in [0.1, 0.15) is 5.82 Å². The zero-order valence-corrected chi connectivity index (χ0v) is 12.8. The SMILES string of the molecule is N#Cc1cccc(NC(=O)c2cccnc2N2CCCCC2)c1. The number of carbonyl (C=O) groups is 1.